The van der Waals surface area contributed by atoms with Crippen LogP contribution in [0, 0.1) is 13.8 Å². The molecule has 0 spiro atoms. The Labute approximate surface area is 365 Å². The van der Waals surface area contributed by atoms with Gasteiger partial charge in [-0.15, -0.1) is 0 Å². The average molecular weight is 843 g/mol. The minimum atomic E-state index is -0.395. The van der Waals surface area contributed by atoms with Crippen molar-refractivity contribution in [2.24, 2.45) is 0 Å². The van der Waals surface area contributed by atoms with Crippen LogP contribution in [0.25, 0.3) is 10.8 Å². The second-order valence-corrected chi connectivity index (χ2v) is 15.7. The van der Waals surface area contributed by atoms with Gasteiger partial charge in [0.05, 0.1) is 6.61 Å². The number of hydrogen-bond acceptors (Lipinski definition) is 8. The summed E-state index contributed by atoms with van der Waals surface area (Å²) in [5.41, 5.74) is 8.74. The van der Waals surface area contributed by atoms with Gasteiger partial charge in [0.25, 0.3) is 0 Å². The first kappa shape index (κ1) is 41.7. The molecule has 8 nitrogen and oxygen atoms in total. The molecule has 7 aromatic rings. The third-order valence-electron chi connectivity index (χ3n) is 11.1. The third kappa shape index (κ3) is 8.74. The van der Waals surface area contributed by atoms with Crippen molar-refractivity contribution in [1.82, 2.24) is 0 Å². The Balaban J connectivity index is 0.000000129. The Morgan fingerprint density at radius 3 is 1.89 bits per heavy atom. The highest BCUT2D eigenvalue weighted by Gasteiger charge is 2.37. The van der Waals surface area contributed by atoms with Crippen molar-refractivity contribution >= 4 is 46.3 Å². The van der Waals surface area contributed by atoms with Gasteiger partial charge in [0.1, 0.15) is 35.0 Å². The van der Waals surface area contributed by atoms with Gasteiger partial charge in [-0.3, -0.25) is 19.2 Å². The molecule has 0 radical (unpaired) electrons. The van der Waals surface area contributed by atoms with Gasteiger partial charge >= 0.3 is 23.9 Å². The van der Waals surface area contributed by atoms with Crippen LogP contribution in [0.15, 0.2) is 152 Å². The molecule has 62 heavy (non-hydrogen) atoms. The number of fused-ring (bicyclic) bond motifs is 5. The van der Waals surface area contributed by atoms with Gasteiger partial charge < -0.3 is 18.9 Å². The number of halogens is 1. The highest BCUT2D eigenvalue weighted by atomic mass is 35.5. The van der Waals surface area contributed by atoms with Crippen LogP contribution in [-0.2, 0) is 30.3 Å². The van der Waals surface area contributed by atoms with Crippen molar-refractivity contribution in [2.45, 2.75) is 51.4 Å². The van der Waals surface area contributed by atoms with Gasteiger partial charge in [-0.05, 0) is 90.0 Å². The molecule has 9 heteroatoms. The molecule has 3 atom stereocenters. The number of aryl methyl sites for hydroxylation is 3. The Hall–Kier alpha value is -7.03. The molecule has 3 aliphatic heterocycles. The lowest BCUT2D eigenvalue weighted by molar-refractivity contribution is -0.143. The minimum absolute atomic E-state index is 0.192. The van der Waals surface area contributed by atoms with E-state index in [0.717, 1.165) is 60.8 Å². The standard InChI is InChI=1S/C19H18O4.C18H12O2.C16H13ClO2/c1-2-22-17(20)11-9-13-8-10-16-15(12-13)18(19(21)23-16)14-6-4-3-5-7-14;19-18-16(13-7-2-1-3-8-13)17-14-9-5-4-6-12(14)10-11-15(17)20-18;1-9-7-10(2)15-13(8-9)14(16(18)19-15)11-3-5-12(17)6-4-11/h3-8,10,12,18H,2,9,11H2,1H3;1-11,16H;3-8,14H,1-2H3. The van der Waals surface area contributed by atoms with Crippen LogP contribution in [0.2, 0.25) is 5.02 Å². The SMILES string of the molecule is CCOC(=O)CCc1ccc2c(c1)C(c1ccccc1)C(=O)O2.Cc1cc(C)c2c(c1)C(c1ccc(Cl)cc1)C(=O)O2.O=C1Oc2ccc3ccccc3c2C1c1ccccc1. The zero-order chi connectivity index (χ0) is 43.3. The lowest BCUT2D eigenvalue weighted by Gasteiger charge is -2.10. The highest BCUT2D eigenvalue weighted by molar-refractivity contribution is 6.30. The van der Waals surface area contributed by atoms with Crippen LogP contribution in [0.4, 0.5) is 0 Å². The predicted molar refractivity (Wildman–Crippen MR) is 238 cm³/mol. The maximum absolute atomic E-state index is 12.3. The number of hydrogen-bond donors (Lipinski definition) is 0. The summed E-state index contributed by atoms with van der Waals surface area (Å²) in [6.07, 6.45) is 0.916. The quantitative estimate of drug-likeness (QED) is 0.115. The molecule has 3 unspecified atom stereocenters. The van der Waals surface area contributed by atoms with Crippen molar-refractivity contribution in [3.63, 3.8) is 0 Å². The number of carbonyl (C=O) groups excluding carboxylic acids is 4. The molecule has 0 saturated carbocycles. The minimum Gasteiger partial charge on any atom is -0.466 e. The predicted octanol–water partition coefficient (Wildman–Crippen LogP) is 11.1. The number of ether oxygens (including phenoxy) is 4. The Kier molecular flexibility index (Phi) is 12.3. The summed E-state index contributed by atoms with van der Waals surface area (Å²) in [4.78, 5) is 48.1. The third-order valence-corrected chi connectivity index (χ3v) is 11.3. The lowest BCUT2D eigenvalue weighted by Crippen LogP contribution is -2.11. The van der Waals surface area contributed by atoms with E-state index in [4.69, 9.17) is 30.5 Å². The molecular formula is C53H43ClO8. The maximum atomic E-state index is 12.3. The first-order valence-corrected chi connectivity index (χ1v) is 20.9. The van der Waals surface area contributed by atoms with Crippen LogP contribution in [-0.4, -0.2) is 30.5 Å². The van der Waals surface area contributed by atoms with E-state index >= 15 is 0 Å². The molecule has 0 amide bonds. The lowest BCUT2D eigenvalue weighted by atomic mass is 9.89. The molecule has 10 rings (SSSR count). The van der Waals surface area contributed by atoms with E-state index in [1.807, 2.05) is 141 Å². The van der Waals surface area contributed by atoms with Gasteiger partial charge in [-0.25, -0.2) is 0 Å². The van der Waals surface area contributed by atoms with Crippen molar-refractivity contribution in [1.29, 1.82) is 0 Å². The van der Waals surface area contributed by atoms with Crippen LogP contribution in [0.3, 0.4) is 0 Å². The summed E-state index contributed by atoms with van der Waals surface area (Å²) in [5, 5.41) is 2.88. The second kappa shape index (κ2) is 18.3. The highest BCUT2D eigenvalue weighted by Crippen LogP contribution is 2.44. The summed E-state index contributed by atoms with van der Waals surface area (Å²) in [5.74, 6) is 0.0565. The second-order valence-electron chi connectivity index (χ2n) is 15.3. The van der Waals surface area contributed by atoms with Gasteiger partial charge in [0, 0.05) is 28.1 Å². The Morgan fingerprint density at radius 2 is 1.18 bits per heavy atom. The number of rotatable bonds is 7. The zero-order valence-electron chi connectivity index (χ0n) is 34.4. The van der Waals surface area contributed by atoms with Crippen LogP contribution in [0.5, 0.6) is 17.2 Å². The first-order valence-electron chi connectivity index (χ1n) is 20.5. The summed E-state index contributed by atoms with van der Waals surface area (Å²) in [6.45, 7) is 6.17. The molecule has 0 fully saturated rings. The molecule has 3 aliphatic rings. The zero-order valence-corrected chi connectivity index (χ0v) is 35.2. The largest absolute Gasteiger partial charge is 0.466 e. The van der Waals surface area contributed by atoms with Gasteiger partial charge in [-0.1, -0.05) is 145 Å². The molecule has 7 aromatic carbocycles. The Bertz CT molecular complexity index is 2800. The van der Waals surface area contributed by atoms with Crippen molar-refractivity contribution in [3.8, 4) is 17.2 Å². The van der Waals surface area contributed by atoms with Crippen molar-refractivity contribution in [2.75, 3.05) is 6.61 Å². The summed E-state index contributed by atoms with van der Waals surface area (Å²) < 4.78 is 21.2. The fourth-order valence-corrected chi connectivity index (χ4v) is 8.43. The smallest absolute Gasteiger partial charge is 0.323 e. The number of benzene rings is 7. The fourth-order valence-electron chi connectivity index (χ4n) is 8.30. The van der Waals surface area contributed by atoms with E-state index in [9.17, 15) is 19.2 Å². The molecule has 0 aromatic heterocycles. The fraction of sp³-hybridized carbons (Fsp3) is 0.170. The van der Waals surface area contributed by atoms with Crippen molar-refractivity contribution < 1.29 is 38.1 Å². The maximum Gasteiger partial charge on any atom is 0.323 e. The van der Waals surface area contributed by atoms with Crippen LogP contribution < -0.4 is 14.2 Å². The van der Waals surface area contributed by atoms with Crippen LogP contribution in [0.1, 0.15) is 81.2 Å². The molecular weight excluding hydrogens is 800 g/mol. The molecule has 0 saturated heterocycles. The molecule has 0 N–H and O–H groups in total. The molecule has 310 valence electrons. The normalized spacial score (nSPS) is 16.6. The topological polar surface area (TPSA) is 105 Å². The van der Waals surface area contributed by atoms with Gasteiger partial charge in [-0.2, -0.15) is 0 Å². The summed E-state index contributed by atoms with van der Waals surface area (Å²) in [6, 6.07) is 48.4. The van der Waals surface area contributed by atoms with E-state index in [-0.39, 0.29) is 35.7 Å². The number of carbonyl (C=O) groups is 4. The molecule has 0 aliphatic carbocycles. The van der Waals surface area contributed by atoms with E-state index < -0.39 is 5.92 Å². The average Bonchev–Trinajstić information content (AvgIpc) is 3.92. The van der Waals surface area contributed by atoms with Gasteiger partial charge in [0.15, 0.2) is 0 Å². The van der Waals surface area contributed by atoms with E-state index in [0.29, 0.717) is 41.7 Å². The van der Waals surface area contributed by atoms with E-state index in [2.05, 4.69) is 6.07 Å². The summed E-state index contributed by atoms with van der Waals surface area (Å²) >= 11 is 5.89. The van der Waals surface area contributed by atoms with E-state index in [1.54, 1.807) is 25.1 Å². The summed E-state index contributed by atoms with van der Waals surface area (Å²) in [7, 11) is 0. The van der Waals surface area contributed by atoms with Crippen molar-refractivity contribution in [3.05, 3.63) is 207 Å². The molecule has 0 bridgehead atoms. The van der Waals surface area contributed by atoms with E-state index in [1.165, 1.54) is 0 Å². The monoisotopic (exact) mass is 842 g/mol. The first-order chi connectivity index (χ1) is 30.1. The Morgan fingerprint density at radius 1 is 0.597 bits per heavy atom. The van der Waals surface area contributed by atoms with Gasteiger partial charge in [0.2, 0.25) is 0 Å². The molecule has 3 heterocycles. The van der Waals surface area contributed by atoms with Crippen LogP contribution >= 0.6 is 11.6 Å². The number of esters is 4.